The van der Waals surface area contributed by atoms with Gasteiger partial charge in [-0.25, -0.2) is 4.39 Å². The Morgan fingerprint density at radius 2 is 2.09 bits per heavy atom. The molecule has 1 atom stereocenters. The van der Waals surface area contributed by atoms with Gasteiger partial charge in [-0.2, -0.15) is 0 Å². The fourth-order valence-corrected chi connectivity index (χ4v) is 2.89. The van der Waals surface area contributed by atoms with Gasteiger partial charge in [0.15, 0.2) is 0 Å². The first kappa shape index (κ1) is 14.9. The summed E-state index contributed by atoms with van der Waals surface area (Å²) in [5, 5.41) is 11.3. The van der Waals surface area contributed by atoms with Crippen molar-refractivity contribution in [2.24, 2.45) is 0 Å². The number of halogens is 1. The van der Waals surface area contributed by atoms with Crippen LogP contribution in [0.15, 0.2) is 42.7 Å². The topological polar surface area (TPSA) is 42.7 Å². The molecular formula is C17H21FN4. The fraction of sp³-hybridized carbons (Fsp3) is 0.412. The lowest BCUT2D eigenvalue weighted by molar-refractivity contribution is 0.453. The normalized spacial score (nSPS) is 18.2. The molecule has 1 aliphatic heterocycles. The van der Waals surface area contributed by atoms with E-state index in [2.05, 4.69) is 21.7 Å². The van der Waals surface area contributed by atoms with E-state index in [1.165, 1.54) is 17.7 Å². The Balaban J connectivity index is 1.46. The Kier molecular flexibility index (Phi) is 4.96. The Morgan fingerprint density at radius 3 is 2.86 bits per heavy atom. The second-order valence-electron chi connectivity index (χ2n) is 5.71. The maximum Gasteiger partial charge on any atom is 0.123 e. The molecule has 1 aromatic heterocycles. The molecule has 3 rings (SSSR count). The Labute approximate surface area is 130 Å². The van der Waals surface area contributed by atoms with Crippen LogP contribution in [0.1, 0.15) is 31.2 Å². The molecule has 1 aliphatic rings. The van der Waals surface area contributed by atoms with Crippen molar-refractivity contribution in [2.75, 3.05) is 6.54 Å². The second-order valence-corrected chi connectivity index (χ2v) is 5.71. The average molecular weight is 300 g/mol. The van der Waals surface area contributed by atoms with Crippen LogP contribution in [-0.2, 0) is 6.54 Å². The zero-order valence-electron chi connectivity index (χ0n) is 12.6. The Hall–Kier alpha value is -2.01. The van der Waals surface area contributed by atoms with Crippen LogP contribution in [0.3, 0.4) is 0 Å². The van der Waals surface area contributed by atoms with Gasteiger partial charge in [0.2, 0.25) is 0 Å². The standard InChI is InChI=1S/C17H21FN4/c18-16-6-4-14(5-7-16)15-8-9-19-17(13-15)3-1-2-11-22-12-10-20-21-22/h4-8,10,12,17,19H,1-3,9,11,13H2. The van der Waals surface area contributed by atoms with Crippen molar-refractivity contribution >= 4 is 5.57 Å². The summed E-state index contributed by atoms with van der Waals surface area (Å²) in [7, 11) is 0. The van der Waals surface area contributed by atoms with E-state index in [4.69, 9.17) is 0 Å². The fourth-order valence-electron chi connectivity index (χ4n) is 2.89. The minimum absolute atomic E-state index is 0.178. The number of rotatable bonds is 6. The lowest BCUT2D eigenvalue weighted by Crippen LogP contribution is -2.32. The quantitative estimate of drug-likeness (QED) is 0.834. The molecule has 22 heavy (non-hydrogen) atoms. The Morgan fingerprint density at radius 1 is 1.23 bits per heavy atom. The summed E-state index contributed by atoms with van der Waals surface area (Å²) in [6.45, 7) is 1.81. The van der Waals surface area contributed by atoms with Crippen LogP contribution in [0.25, 0.3) is 5.57 Å². The van der Waals surface area contributed by atoms with Crippen LogP contribution in [0.4, 0.5) is 4.39 Å². The Bertz CT molecular complexity index is 604. The van der Waals surface area contributed by atoms with Crippen LogP contribution in [0, 0.1) is 5.82 Å². The minimum Gasteiger partial charge on any atom is -0.310 e. The van der Waals surface area contributed by atoms with Gasteiger partial charge in [-0.15, -0.1) is 5.10 Å². The molecule has 1 aromatic carbocycles. The van der Waals surface area contributed by atoms with Gasteiger partial charge in [-0.3, -0.25) is 4.68 Å². The average Bonchev–Trinajstić information content (AvgIpc) is 3.06. The van der Waals surface area contributed by atoms with Gasteiger partial charge in [-0.05, 0) is 42.5 Å². The number of hydrogen-bond donors (Lipinski definition) is 1. The SMILES string of the molecule is Fc1ccc(C2=CCNC(CCCCn3ccnn3)C2)cc1. The van der Waals surface area contributed by atoms with Gasteiger partial charge in [0.25, 0.3) is 0 Å². The van der Waals surface area contributed by atoms with E-state index in [0.717, 1.165) is 44.3 Å². The highest BCUT2D eigenvalue weighted by atomic mass is 19.1. The smallest absolute Gasteiger partial charge is 0.123 e. The number of nitrogens with one attached hydrogen (secondary N) is 1. The maximum atomic E-state index is 13.0. The van der Waals surface area contributed by atoms with E-state index in [0.29, 0.717) is 6.04 Å². The van der Waals surface area contributed by atoms with Crippen molar-refractivity contribution < 1.29 is 4.39 Å². The van der Waals surface area contributed by atoms with Gasteiger partial charge >= 0.3 is 0 Å². The van der Waals surface area contributed by atoms with Gasteiger partial charge in [0.1, 0.15) is 5.82 Å². The van der Waals surface area contributed by atoms with Crippen LogP contribution in [-0.4, -0.2) is 27.6 Å². The third kappa shape index (κ3) is 4.01. The first-order chi connectivity index (χ1) is 10.8. The summed E-state index contributed by atoms with van der Waals surface area (Å²) in [5.41, 5.74) is 2.45. The number of unbranched alkanes of at least 4 members (excludes halogenated alkanes) is 1. The molecule has 2 aromatic rings. The van der Waals surface area contributed by atoms with Crippen molar-refractivity contribution in [1.29, 1.82) is 0 Å². The number of benzene rings is 1. The molecule has 0 aliphatic carbocycles. The predicted octanol–water partition coefficient (Wildman–Crippen LogP) is 3.03. The molecule has 0 fully saturated rings. The molecule has 0 bridgehead atoms. The molecule has 4 nitrogen and oxygen atoms in total. The molecule has 0 spiro atoms. The number of hydrogen-bond acceptors (Lipinski definition) is 3. The highest BCUT2D eigenvalue weighted by molar-refractivity contribution is 5.66. The van der Waals surface area contributed by atoms with E-state index < -0.39 is 0 Å². The molecule has 0 amide bonds. The number of aromatic nitrogens is 3. The van der Waals surface area contributed by atoms with Crippen molar-refractivity contribution in [3.05, 3.63) is 54.1 Å². The van der Waals surface area contributed by atoms with E-state index in [9.17, 15) is 4.39 Å². The van der Waals surface area contributed by atoms with Gasteiger partial charge < -0.3 is 5.32 Å². The summed E-state index contributed by atoms with van der Waals surface area (Å²) >= 11 is 0. The molecular weight excluding hydrogens is 279 g/mol. The summed E-state index contributed by atoms with van der Waals surface area (Å²) in [6, 6.07) is 7.31. The number of nitrogens with zero attached hydrogens (tertiary/aromatic N) is 3. The molecule has 0 radical (unpaired) electrons. The van der Waals surface area contributed by atoms with Gasteiger partial charge in [0.05, 0.1) is 6.20 Å². The summed E-state index contributed by atoms with van der Waals surface area (Å²) in [4.78, 5) is 0. The van der Waals surface area contributed by atoms with Crippen LogP contribution in [0.2, 0.25) is 0 Å². The van der Waals surface area contributed by atoms with Crippen LogP contribution in [0.5, 0.6) is 0 Å². The second kappa shape index (κ2) is 7.31. The molecule has 0 saturated heterocycles. The van der Waals surface area contributed by atoms with Crippen molar-refractivity contribution in [3.63, 3.8) is 0 Å². The highest BCUT2D eigenvalue weighted by Crippen LogP contribution is 2.24. The minimum atomic E-state index is -0.178. The van der Waals surface area contributed by atoms with E-state index >= 15 is 0 Å². The van der Waals surface area contributed by atoms with Crippen molar-refractivity contribution in [2.45, 2.75) is 38.3 Å². The highest BCUT2D eigenvalue weighted by Gasteiger charge is 2.15. The first-order valence-corrected chi connectivity index (χ1v) is 7.84. The molecule has 1 unspecified atom stereocenters. The van der Waals surface area contributed by atoms with Crippen LogP contribution >= 0.6 is 0 Å². The predicted molar refractivity (Wildman–Crippen MR) is 84.7 cm³/mol. The third-order valence-corrected chi connectivity index (χ3v) is 4.10. The molecule has 116 valence electrons. The van der Waals surface area contributed by atoms with Crippen molar-refractivity contribution in [1.82, 2.24) is 20.3 Å². The van der Waals surface area contributed by atoms with Crippen molar-refractivity contribution in [3.8, 4) is 0 Å². The zero-order chi connectivity index (χ0) is 15.2. The monoisotopic (exact) mass is 300 g/mol. The maximum absolute atomic E-state index is 13.0. The first-order valence-electron chi connectivity index (χ1n) is 7.84. The summed E-state index contributed by atoms with van der Waals surface area (Å²) in [5.74, 6) is -0.178. The zero-order valence-corrected chi connectivity index (χ0v) is 12.6. The lowest BCUT2D eigenvalue weighted by atomic mass is 9.93. The molecule has 1 N–H and O–H groups in total. The van der Waals surface area contributed by atoms with E-state index in [1.807, 2.05) is 23.0 Å². The number of aryl methyl sites for hydroxylation is 1. The summed E-state index contributed by atoms with van der Waals surface area (Å²) < 4.78 is 14.9. The van der Waals surface area contributed by atoms with Crippen LogP contribution < -0.4 is 5.32 Å². The van der Waals surface area contributed by atoms with Gasteiger partial charge in [-0.1, -0.05) is 29.8 Å². The van der Waals surface area contributed by atoms with E-state index in [1.54, 1.807) is 6.20 Å². The largest absolute Gasteiger partial charge is 0.310 e. The third-order valence-electron chi connectivity index (χ3n) is 4.10. The van der Waals surface area contributed by atoms with Gasteiger partial charge in [0, 0.05) is 25.3 Å². The lowest BCUT2D eigenvalue weighted by Gasteiger charge is -2.24. The molecule has 0 saturated carbocycles. The molecule has 2 heterocycles. The summed E-state index contributed by atoms with van der Waals surface area (Å²) in [6.07, 6.45) is 10.2. The molecule has 5 heteroatoms. The van der Waals surface area contributed by atoms with E-state index in [-0.39, 0.29) is 5.82 Å².